The summed E-state index contributed by atoms with van der Waals surface area (Å²) in [6.45, 7) is 3.64. The molecular weight excluding hydrogens is 189 g/mol. The molecule has 0 aromatic rings. The SMILES string of the molecule is [13CH3]C[13CH2]C(=O)O.[13CH3][13CH2][13CH2][13C](=O)[O-].[Na+]. The molecule has 0 aliphatic heterocycles. The van der Waals surface area contributed by atoms with Gasteiger partial charge >= 0.3 is 35.5 Å². The van der Waals surface area contributed by atoms with Gasteiger partial charge in [0.05, 0.1) is 0 Å². The maximum absolute atomic E-state index is 9.60. The van der Waals surface area contributed by atoms with Crippen molar-refractivity contribution in [2.45, 2.75) is 39.5 Å². The number of aliphatic carboxylic acids is 2. The Morgan fingerprint density at radius 3 is 1.54 bits per heavy atom. The van der Waals surface area contributed by atoms with Crippen LogP contribution < -0.4 is 34.7 Å². The fourth-order valence-electron chi connectivity index (χ4n) is 0.418. The van der Waals surface area contributed by atoms with E-state index in [1.807, 2.05) is 6.92 Å². The average Bonchev–Trinajstić information content (AvgIpc) is 1.87. The summed E-state index contributed by atoms with van der Waals surface area (Å²) in [7, 11) is 0. The first-order valence-corrected chi connectivity index (χ1v) is 3.96. The van der Waals surface area contributed by atoms with Crippen LogP contribution in [0.4, 0.5) is 0 Å². The smallest absolute Gasteiger partial charge is 0.550 e. The van der Waals surface area contributed by atoms with Crippen molar-refractivity contribution in [2.24, 2.45) is 0 Å². The maximum atomic E-state index is 9.60. The summed E-state index contributed by atoms with van der Waals surface area (Å²) < 4.78 is 0. The van der Waals surface area contributed by atoms with Crippen LogP contribution in [-0.4, -0.2) is 17.0 Å². The molecule has 4 nitrogen and oxygen atoms in total. The molecule has 0 spiro atoms. The number of carbonyl (C=O) groups is 2. The minimum atomic E-state index is -0.961. The normalized spacial score (nSPS) is 7.54. The van der Waals surface area contributed by atoms with Gasteiger partial charge in [-0.2, -0.15) is 0 Å². The summed E-state index contributed by atoms with van der Waals surface area (Å²) >= 11 is 0. The summed E-state index contributed by atoms with van der Waals surface area (Å²) in [5, 5.41) is 17.4. The Morgan fingerprint density at radius 2 is 1.54 bits per heavy atom. The van der Waals surface area contributed by atoms with Crippen molar-refractivity contribution >= 4 is 11.9 Å². The zero-order chi connectivity index (χ0) is 9.98. The van der Waals surface area contributed by atoms with Crippen LogP contribution in [0.3, 0.4) is 0 Å². The van der Waals surface area contributed by atoms with Crippen LogP contribution in [-0.2, 0) is 9.59 Å². The molecule has 72 valence electrons. The first-order chi connectivity index (χ1) is 5.54. The van der Waals surface area contributed by atoms with Gasteiger partial charge in [0.2, 0.25) is 0 Å². The van der Waals surface area contributed by atoms with Crippen molar-refractivity contribution in [3.05, 3.63) is 0 Å². The Bertz CT molecular complexity index is 120. The summed E-state index contributed by atoms with van der Waals surface area (Å²) in [4.78, 5) is 19.1. The van der Waals surface area contributed by atoms with E-state index in [0.717, 1.165) is 6.42 Å². The Balaban J connectivity index is -0.000000143. The predicted octanol–water partition coefficient (Wildman–Crippen LogP) is -2.59. The van der Waals surface area contributed by atoms with Crippen molar-refractivity contribution in [3.8, 4) is 0 Å². The third-order valence-corrected chi connectivity index (χ3v) is 0.918. The van der Waals surface area contributed by atoms with Crippen LogP contribution in [0.2, 0.25) is 0 Å². The van der Waals surface area contributed by atoms with E-state index in [0.29, 0.717) is 12.8 Å². The monoisotopic (exact) mass is 204 g/mol. The number of carboxylic acids is 2. The van der Waals surface area contributed by atoms with E-state index in [-0.39, 0.29) is 36.0 Å². The molecule has 1 N–H and O–H groups in total. The number of carboxylic acid groups (broad SMARTS) is 2. The van der Waals surface area contributed by atoms with Crippen LogP contribution in [0, 0.1) is 0 Å². The molecule has 0 bridgehead atoms. The number of rotatable bonds is 4. The van der Waals surface area contributed by atoms with Gasteiger partial charge in [0.1, 0.15) is 0 Å². The van der Waals surface area contributed by atoms with Gasteiger partial charge in [0.25, 0.3) is 0 Å². The van der Waals surface area contributed by atoms with E-state index in [1.54, 1.807) is 6.92 Å². The zero-order valence-corrected chi connectivity index (χ0v) is 10.5. The molecule has 0 heterocycles. The Labute approximate surface area is 101 Å². The van der Waals surface area contributed by atoms with Gasteiger partial charge in [0, 0.05) is 12.4 Å². The minimum Gasteiger partial charge on any atom is -0.550 e. The van der Waals surface area contributed by atoms with Crippen molar-refractivity contribution < 1.29 is 49.4 Å². The molecular formula is C8H15NaO4. The van der Waals surface area contributed by atoms with Gasteiger partial charge in [-0.05, 0) is 12.8 Å². The molecule has 0 atom stereocenters. The van der Waals surface area contributed by atoms with E-state index in [2.05, 4.69) is 0 Å². The van der Waals surface area contributed by atoms with Gasteiger partial charge in [0.15, 0.2) is 0 Å². The van der Waals surface area contributed by atoms with Gasteiger partial charge < -0.3 is 15.0 Å². The number of hydrogen-bond acceptors (Lipinski definition) is 3. The predicted molar refractivity (Wildman–Crippen MR) is 42.5 cm³/mol. The van der Waals surface area contributed by atoms with E-state index in [1.165, 1.54) is 0 Å². The van der Waals surface area contributed by atoms with E-state index in [4.69, 9.17) is 5.11 Å². The second-order valence-corrected chi connectivity index (χ2v) is 2.27. The Morgan fingerprint density at radius 1 is 1.15 bits per heavy atom. The molecule has 0 radical (unpaired) electrons. The third kappa shape index (κ3) is 33.4. The first-order valence-electron chi connectivity index (χ1n) is 3.96. The molecule has 5 heteroatoms. The largest absolute Gasteiger partial charge is 1.00 e. The molecule has 0 aliphatic carbocycles. The van der Waals surface area contributed by atoms with Gasteiger partial charge in [-0.25, -0.2) is 0 Å². The second kappa shape index (κ2) is 14.5. The van der Waals surface area contributed by atoms with Gasteiger partial charge in [-0.3, -0.25) is 4.79 Å². The molecule has 0 rings (SSSR count). The molecule has 0 aromatic heterocycles. The molecule has 13 heavy (non-hydrogen) atoms. The summed E-state index contributed by atoms with van der Waals surface area (Å²) in [6.07, 6.45) is 1.87. The van der Waals surface area contributed by atoms with Crippen molar-refractivity contribution in [2.75, 3.05) is 0 Å². The van der Waals surface area contributed by atoms with Crippen molar-refractivity contribution in [1.29, 1.82) is 0 Å². The summed E-state index contributed by atoms with van der Waals surface area (Å²) in [6, 6.07) is 0. The van der Waals surface area contributed by atoms with Crippen LogP contribution in [0.15, 0.2) is 0 Å². The quantitative estimate of drug-likeness (QED) is 0.402. The molecule has 0 fully saturated rings. The third-order valence-electron chi connectivity index (χ3n) is 0.918. The van der Waals surface area contributed by atoms with Crippen LogP contribution >= 0.6 is 0 Å². The van der Waals surface area contributed by atoms with E-state index >= 15 is 0 Å². The molecule has 0 aromatic carbocycles. The fraction of sp³-hybridized carbons (Fsp3) is 0.750. The fourth-order valence-corrected chi connectivity index (χ4v) is 0.418. The summed E-state index contributed by atoms with van der Waals surface area (Å²) in [5.41, 5.74) is 0. The first kappa shape index (κ1) is 18.7. The zero-order valence-electron chi connectivity index (χ0n) is 8.50. The van der Waals surface area contributed by atoms with E-state index < -0.39 is 11.9 Å². The average molecular weight is 204 g/mol. The standard InChI is InChI=1S/2C4H8O2.Na/c2*1-2-3-4(5)6;/h2*2-3H2,1H3,(H,5,6);/q;;+1/p-1/i1+1,2+1,3+1,4+1;1+1,3+1;. The minimum absolute atomic E-state index is 0. The molecule has 0 saturated heterocycles. The molecule has 0 amide bonds. The number of hydrogen-bond donors (Lipinski definition) is 1. The van der Waals surface area contributed by atoms with Gasteiger partial charge in [-0.15, -0.1) is 0 Å². The van der Waals surface area contributed by atoms with Crippen molar-refractivity contribution in [1.82, 2.24) is 0 Å². The molecule has 0 saturated carbocycles. The van der Waals surface area contributed by atoms with Crippen molar-refractivity contribution in [3.63, 3.8) is 0 Å². The molecule has 0 aliphatic rings. The Kier molecular flexibility index (Phi) is 20.8. The Hall–Kier alpha value is -0.0600. The maximum Gasteiger partial charge on any atom is 1.00 e. The van der Waals surface area contributed by atoms with Crippen LogP contribution in [0.1, 0.15) is 39.5 Å². The van der Waals surface area contributed by atoms with Gasteiger partial charge in [-0.1, -0.05) is 20.3 Å². The van der Waals surface area contributed by atoms with Crippen LogP contribution in [0.25, 0.3) is 0 Å². The molecule has 0 unspecified atom stereocenters. The summed E-state index contributed by atoms with van der Waals surface area (Å²) in [5.74, 6) is -1.67. The van der Waals surface area contributed by atoms with Crippen LogP contribution in [0.5, 0.6) is 0 Å². The topological polar surface area (TPSA) is 77.4 Å². The number of carbonyl (C=O) groups excluding carboxylic acids is 1. The van der Waals surface area contributed by atoms with E-state index in [9.17, 15) is 14.7 Å². The second-order valence-electron chi connectivity index (χ2n) is 2.27.